The van der Waals surface area contributed by atoms with Crippen molar-refractivity contribution in [2.75, 3.05) is 6.26 Å². The molecular formula is C14H20N4S2. The van der Waals surface area contributed by atoms with Gasteiger partial charge in [-0.3, -0.25) is 14.6 Å². The van der Waals surface area contributed by atoms with Crippen LogP contribution in [-0.4, -0.2) is 30.8 Å². The van der Waals surface area contributed by atoms with Crippen LogP contribution in [0.4, 0.5) is 0 Å². The maximum atomic E-state index is 5.39. The number of nitrogens with zero attached hydrogens (tertiary/aromatic N) is 3. The first-order chi connectivity index (χ1) is 9.65. The Kier molecular flexibility index (Phi) is 4.99. The summed E-state index contributed by atoms with van der Waals surface area (Å²) >= 11 is 7.29. The van der Waals surface area contributed by atoms with E-state index in [1.165, 1.54) is 0 Å². The first kappa shape index (κ1) is 15.3. The minimum absolute atomic E-state index is 0.186. The van der Waals surface area contributed by atoms with Crippen LogP contribution in [0.25, 0.3) is 11.5 Å². The fourth-order valence-corrected chi connectivity index (χ4v) is 3.30. The van der Waals surface area contributed by atoms with Crippen molar-refractivity contribution in [2.24, 2.45) is 0 Å². The summed E-state index contributed by atoms with van der Waals surface area (Å²) in [7, 11) is 0. The largest absolute Gasteiger partial charge is 0.297 e. The lowest BCUT2D eigenvalue weighted by molar-refractivity contribution is 0.465. The highest BCUT2D eigenvalue weighted by Crippen LogP contribution is 2.33. The lowest BCUT2D eigenvalue weighted by Gasteiger charge is -2.30. The van der Waals surface area contributed by atoms with Crippen molar-refractivity contribution in [1.82, 2.24) is 19.7 Å². The monoisotopic (exact) mass is 308 g/mol. The first-order valence-corrected chi connectivity index (χ1v) is 8.41. The predicted octanol–water partition coefficient (Wildman–Crippen LogP) is 3.92. The van der Waals surface area contributed by atoms with Gasteiger partial charge in [-0.1, -0.05) is 19.9 Å². The van der Waals surface area contributed by atoms with E-state index in [-0.39, 0.29) is 4.75 Å². The van der Waals surface area contributed by atoms with E-state index < -0.39 is 0 Å². The fourth-order valence-electron chi connectivity index (χ4n) is 2.27. The predicted molar refractivity (Wildman–Crippen MR) is 87.5 cm³/mol. The summed E-state index contributed by atoms with van der Waals surface area (Å²) in [5.41, 5.74) is 0.849. The molecule has 108 valence electrons. The van der Waals surface area contributed by atoms with E-state index in [2.05, 4.69) is 39.9 Å². The van der Waals surface area contributed by atoms with E-state index in [0.717, 1.165) is 30.9 Å². The molecule has 0 radical (unpaired) electrons. The molecule has 0 atom stereocenters. The normalized spacial score (nSPS) is 11.8. The third-order valence-corrected chi connectivity index (χ3v) is 5.70. The average molecular weight is 308 g/mol. The summed E-state index contributed by atoms with van der Waals surface area (Å²) in [6, 6.07) is 5.82. The Labute approximate surface area is 129 Å². The van der Waals surface area contributed by atoms with E-state index in [1.807, 2.05) is 30.0 Å². The van der Waals surface area contributed by atoms with Crippen molar-refractivity contribution in [3.63, 3.8) is 0 Å². The van der Waals surface area contributed by atoms with Crippen LogP contribution < -0.4 is 0 Å². The average Bonchev–Trinajstić information content (AvgIpc) is 2.87. The van der Waals surface area contributed by atoms with E-state index in [9.17, 15) is 0 Å². The minimum Gasteiger partial charge on any atom is -0.297 e. The Hall–Kier alpha value is -1.14. The van der Waals surface area contributed by atoms with Crippen LogP contribution in [0, 0.1) is 4.77 Å². The smallest absolute Gasteiger partial charge is 0.195 e. The number of aromatic amines is 1. The molecule has 0 aliphatic carbocycles. The van der Waals surface area contributed by atoms with Crippen LogP contribution in [0.5, 0.6) is 0 Å². The molecule has 6 heteroatoms. The van der Waals surface area contributed by atoms with Crippen molar-refractivity contribution in [1.29, 1.82) is 0 Å². The summed E-state index contributed by atoms with van der Waals surface area (Å²) in [6.45, 7) is 5.30. The molecule has 0 aliphatic rings. The molecule has 0 aliphatic heterocycles. The van der Waals surface area contributed by atoms with Crippen molar-refractivity contribution >= 4 is 24.0 Å². The van der Waals surface area contributed by atoms with Crippen LogP contribution >= 0.6 is 24.0 Å². The standard InChI is InChI=1S/C14H20N4S2/c1-4-14(5-2,20-3)10-18-12(16-17-13(18)19)11-8-6-7-9-15-11/h6-9H,4-5,10H2,1-3H3,(H,17,19). The number of hydrogen-bond acceptors (Lipinski definition) is 4. The zero-order valence-electron chi connectivity index (χ0n) is 12.1. The molecule has 0 bridgehead atoms. The van der Waals surface area contributed by atoms with Gasteiger partial charge in [0.05, 0.1) is 0 Å². The van der Waals surface area contributed by atoms with Crippen molar-refractivity contribution in [2.45, 2.75) is 38.0 Å². The molecule has 0 unspecified atom stereocenters. The van der Waals surface area contributed by atoms with Gasteiger partial charge in [0.1, 0.15) is 5.69 Å². The topological polar surface area (TPSA) is 46.5 Å². The van der Waals surface area contributed by atoms with Crippen LogP contribution in [-0.2, 0) is 6.54 Å². The summed E-state index contributed by atoms with van der Waals surface area (Å²) in [5.74, 6) is 0.816. The van der Waals surface area contributed by atoms with Gasteiger partial charge in [-0.25, -0.2) is 0 Å². The van der Waals surface area contributed by atoms with Gasteiger partial charge in [0.15, 0.2) is 10.6 Å². The Morgan fingerprint density at radius 1 is 1.35 bits per heavy atom. The van der Waals surface area contributed by atoms with Crippen LogP contribution in [0.3, 0.4) is 0 Å². The minimum atomic E-state index is 0.186. The summed E-state index contributed by atoms with van der Waals surface area (Å²) in [5, 5.41) is 7.24. The second-order valence-electron chi connectivity index (χ2n) is 4.75. The highest BCUT2D eigenvalue weighted by molar-refractivity contribution is 8.00. The number of H-pyrrole nitrogens is 1. The fraction of sp³-hybridized carbons (Fsp3) is 0.500. The van der Waals surface area contributed by atoms with Crippen molar-refractivity contribution in [3.05, 3.63) is 29.2 Å². The van der Waals surface area contributed by atoms with Crippen molar-refractivity contribution in [3.8, 4) is 11.5 Å². The molecule has 2 aromatic rings. The molecule has 0 fully saturated rings. The summed E-state index contributed by atoms with van der Waals surface area (Å²) in [4.78, 5) is 4.37. The van der Waals surface area contributed by atoms with Gasteiger partial charge in [-0.2, -0.15) is 16.9 Å². The Bertz CT molecular complexity index is 591. The SMILES string of the molecule is CCC(CC)(Cn1c(-c2ccccn2)n[nH]c1=S)SC. The van der Waals surface area contributed by atoms with E-state index in [4.69, 9.17) is 12.2 Å². The molecule has 2 aromatic heterocycles. The second kappa shape index (κ2) is 6.54. The number of thioether (sulfide) groups is 1. The van der Waals surface area contributed by atoms with E-state index in [0.29, 0.717) is 4.77 Å². The Morgan fingerprint density at radius 3 is 2.65 bits per heavy atom. The quantitative estimate of drug-likeness (QED) is 0.822. The van der Waals surface area contributed by atoms with Gasteiger partial charge in [0.2, 0.25) is 0 Å². The third kappa shape index (κ3) is 2.96. The number of hydrogen-bond donors (Lipinski definition) is 1. The molecule has 2 heterocycles. The van der Waals surface area contributed by atoms with Crippen molar-refractivity contribution < 1.29 is 0 Å². The maximum Gasteiger partial charge on any atom is 0.195 e. The highest BCUT2D eigenvalue weighted by Gasteiger charge is 2.27. The van der Waals surface area contributed by atoms with Crippen LogP contribution in [0.15, 0.2) is 24.4 Å². The van der Waals surface area contributed by atoms with Gasteiger partial charge in [-0.05, 0) is 43.4 Å². The number of rotatable bonds is 6. The molecule has 20 heavy (non-hydrogen) atoms. The Balaban J connectivity index is 2.43. The maximum absolute atomic E-state index is 5.39. The number of pyridine rings is 1. The first-order valence-electron chi connectivity index (χ1n) is 6.77. The molecular weight excluding hydrogens is 288 g/mol. The van der Waals surface area contributed by atoms with Crippen LogP contribution in [0.2, 0.25) is 0 Å². The Morgan fingerprint density at radius 2 is 2.10 bits per heavy atom. The van der Waals surface area contributed by atoms with Gasteiger partial charge >= 0.3 is 0 Å². The zero-order valence-corrected chi connectivity index (χ0v) is 13.7. The molecule has 0 amide bonds. The highest BCUT2D eigenvalue weighted by atomic mass is 32.2. The molecule has 4 nitrogen and oxygen atoms in total. The van der Waals surface area contributed by atoms with Crippen LogP contribution in [0.1, 0.15) is 26.7 Å². The molecule has 0 saturated heterocycles. The molecule has 2 rings (SSSR count). The number of aromatic nitrogens is 4. The molecule has 0 spiro atoms. The second-order valence-corrected chi connectivity index (χ2v) is 6.41. The lowest BCUT2D eigenvalue weighted by Crippen LogP contribution is -2.29. The van der Waals surface area contributed by atoms with Gasteiger partial charge in [0.25, 0.3) is 0 Å². The third-order valence-electron chi connectivity index (χ3n) is 3.82. The number of nitrogens with one attached hydrogen (secondary N) is 1. The van der Waals surface area contributed by atoms with Gasteiger partial charge in [-0.15, -0.1) is 0 Å². The summed E-state index contributed by atoms with van der Waals surface area (Å²) in [6.07, 6.45) is 6.13. The summed E-state index contributed by atoms with van der Waals surface area (Å²) < 4.78 is 2.92. The van der Waals surface area contributed by atoms with E-state index >= 15 is 0 Å². The van der Waals surface area contributed by atoms with Gasteiger partial charge < -0.3 is 0 Å². The molecule has 0 aromatic carbocycles. The molecule has 1 N–H and O–H groups in total. The lowest BCUT2D eigenvalue weighted by atomic mass is 10.0. The molecule has 0 saturated carbocycles. The van der Waals surface area contributed by atoms with E-state index in [1.54, 1.807) is 6.20 Å². The zero-order chi connectivity index (χ0) is 14.6. The van der Waals surface area contributed by atoms with Gasteiger partial charge in [0, 0.05) is 17.5 Å².